The van der Waals surface area contributed by atoms with Crippen molar-refractivity contribution in [3.63, 3.8) is 0 Å². The van der Waals surface area contributed by atoms with Crippen molar-refractivity contribution < 1.29 is 4.79 Å². The van der Waals surface area contributed by atoms with Crippen molar-refractivity contribution in [3.05, 3.63) is 30.1 Å². The second kappa shape index (κ2) is 5.60. The van der Waals surface area contributed by atoms with Gasteiger partial charge in [0.2, 0.25) is 0 Å². The third kappa shape index (κ3) is 2.48. The van der Waals surface area contributed by atoms with Crippen LogP contribution in [0.25, 0.3) is 11.0 Å². The SMILES string of the molecule is CCCC1(C(=O)Cc2nc3ccccc3n2C)CCCN1. The number of para-hydroxylation sites is 2. The molecule has 1 saturated heterocycles. The average Bonchev–Trinajstić information content (AvgIpc) is 3.07. The van der Waals surface area contributed by atoms with Gasteiger partial charge in [-0.2, -0.15) is 0 Å². The quantitative estimate of drug-likeness (QED) is 0.918. The van der Waals surface area contributed by atoms with Gasteiger partial charge < -0.3 is 9.88 Å². The number of benzene rings is 1. The summed E-state index contributed by atoms with van der Waals surface area (Å²) in [4.78, 5) is 17.5. The normalized spacial score (nSPS) is 22.0. The minimum Gasteiger partial charge on any atom is -0.331 e. The minimum atomic E-state index is -0.313. The Morgan fingerprint density at radius 2 is 2.24 bits per heavy atom. The molecule has 1 aromatic heterocycles. The Morgan fingerprint density at radius 3 is 2.90 bits per heavy atom. The highest BCUT2D eigenvalue weighted by Crippen LogP contribution is 2.27. The van der Waals surface area contributed by atoms with E-state index in [9.17, 15) is 4.79 Å². The van der Waals surface area contributed by atoms with Gasteiger partial charge in [0.05, 0.1) is 23.0 Å². The number of aryl methyl sites for hydroxylation is 1. The van der Waals surface area contributed by atoms with Gasteiger partial charge in [-0.15, -0.1) is 0 Å². The van der Waals surface area contributed by atoms with Crippen LogP contribution in [0.15, 0.2) is 24.3 Å². The summed E-state index contributed by atoms with van der Waals surface area (Å²) in [6.07, 6.45) is 4.42. The van der Waals surface area contributed by atoms with Crippen LogP contribution in [0, 0.1) is 0 Å². The van der Waals surface area contributed by atoms with Crippen LogP contribution < -0.4 is 5.32 Å². The molecule has 0 spiro atoms. The molecule has 2 heterocycles. The summed E-state index contributed by atoms with van der Waals surface area (Å²) in [7, 11) is 1.99. The number of imidazole rings is 1. The number of Topliss-reactive ketones (excluding diaryl/α,β-unsaturated/α-hetero) is 1. The highest BCUT2D eigenvalue weighted by molar-refractivity contribution is 5.90. The molecule has 0 aliphatic carbocycles. The van der Waals surface area contributed by atoms with E-state index in [2.05, 4.69) is 17.2 Å². The van der Waals surface area contributed by atoms with Gasteiger partial charge in [0.15, 0.2) is 5.78 Å². The van der Waals surface area contributed by atoms with Crippen molar-refractivity contribution in [2.24, 2.45) is 7.05 Å². The highest BCUT2D eigenvalue weighted by Gasteiger charge is 2.39. The number of nitrogens with one attached hydrogen (secondary N) is 1. The minimum absolute atomic E-state index is 0.292. The van der Waals surface area contributed by atoms with Crippen LogP contribution in [0.3, 0.4) is 0 Å². The lowest BCUT2D eigenvalue weighted by atomic mass is 9.85. The molecule has 4 nitrogen and oxygen atoms in total. The number of nitrogens with zero attached hydrogens (tertiary/aromatic N) is 2. The van der Waals surface area contributed by atoms with Crippen LogP contribution in [0.4, 0.5) is 0 Å². The molecule has 112 valence electrons. The van der Waals surface area contributed by atoms with Gasteiger partial charge in [0.1, 0.15) is 5.82 Å². The lowest BCUT2D eigenvalue weighted by Crippen LogP contribution is -2.48. The predicted molar refractivity (Wildman–Crippen MR) is 84.3 cm³/mol. The molecule has 0 amide bonds. The van der Waals surface area contributed by atoms with E-state index in [1.807, 2.05) is 35.9 Å². The first-order valence-corrected chi connectivity index (χ1v) is 7.85. The van der Waals surface area contributed by atoms with Crippen molar-refractivity contribution in [1.29, 1.82) is 0 Å². The van der Waals surface area contributed by atoms with Crippen molar-refractivity contribution in [2.45, 2.75) is 44.6 Å². The summed E-state index contributed by atoms with van der Waals surface area (Å²) in [5, 5.41) is 3.46. The van der Waals surface area contributed by atoms with Crippen molar-refractivity contribution in [3.8, 4) is 0 Å². The third-order valence-corrected chi connectivity index (χ3v) is 4.65. The maximum atomic E-state index is 12.8. The Bertz CT molecular complexity index is 653. The van der Waals surface area contributed by atoms with E-state index in [0.717, 1.165) is 49.1 Å². The molecule has 3 rings (SSSR count). The second-order valence-corrected chi connectivity index (χ2v) is 6.04. The Hall–Kier alpha value is -1.68. The zero-order valence-corrected chi connectivity index (χ0v) is 12.9. The summed E-state index contributed by atoms with van der Waals surface area (Å²) in [6, 6.07) is 8.04. The standard InChI is InChI=1S/C17H23N3O/c1-3-9-17(10-6-11-18-17)15(21)12-16-19-13-7-4-5-8-14(13)20(16)2/h4-5,7-8,18H,3,6,9-12H2,1-2H3. The highest BCUT2D eigenvalue weighted by atomic mass is 16.1. The van der Waals surface area contributed by atoms with E-state index in [4.69, 9.17) is 0 Å². The molecule has 1 atom stereocenters. The summed E-state index contributed by atoms with van der Waals surface area (Å²) in [6.45, 7) is 3.10. The first kappa shape index (κ1) is 14.3. The zero-order chi connectivity index (χ0) is 14.9. The molecule has 0 saturated carbocycles. The fourth-order valence-corrected chi connectivity index (χ4v) is 3.49. The molecule has 2 aromatic rings. The van der Waals surface area contributed by atoms with E-state index in [0.29, 0.717) is 12.2 Å². The number of carbonyl (C=O) groups excluding carboxylic acids is 1. The number of ketones is 1. The maximum Gasteiger partial charge on any atom is 0.160 e. The van der Waals surface area contributed by atoms with Crippen LogP contribution in [0.2, 0.25) is 0 Å². The van der Waals surface area contributed by atoms with Crippen LogP contribution in [0.1, 0.15) is 38.4 Å². The van der Waals surface area contributed by atoms with Gasteiger partial charge in [0.25, 0.3) is 0 Å². The molecular formula is C17H23N3O. The van der Waals surface area contributed by atoms with E-state index < -0.39 is 0 Å². The zero-order valence-electron chi connectivity index (χ0n) is 12.9. The summed E-state index contributed by atoms with van der Waals surface area (Å²) in [5.74, 6) is 1.16. The van der Waals surface area contributed by atoms with E-state index in [1.165, 1.54) is 0 Å². The Labute approximate surface area is 125 Å². The molecule has 21 heavy (non-hydrogen) atoms. The predicted octanol–water partition coefficient (Wildman–Crippen LogP) is 2.61. The number of carbonyl (C=O) groups is 1. The van der Waals surface area contributed by atoms with Gasteiger partial charge in [-0.25, -0.2) is 4.98 Å². The summed E-state index contributed by atoms with van der Waals surface area (Å²) >= 11 is 0. The van der Waals surface area contributed by atoms with Gasteiger partial charge in [-0.05, 0) is 37.9 Å². The second-order valence-electron chi connectivity index (χ2n) is 6.04. The van der Waals surface area contributed by atoms with Crippen LogP contribution >= 0.6 is 0 Å². The Balaban J connectivity index is 1.87. The maximum absolute atomic E-state index is 12.8. The molecule has 0 bridgehead atoms. The fourth-order valence-electron chi connectivity index (χ4n) is 3.49. The van der Waals surface area contributed by atoms with Crippen LogP contribution in [-0.4, -0.2) is 27.4 Å². The van der Waals surface area contributed by atoms with E-state index >= 15 is 0 Å². The smallest absolute Gasteiger partial charge is 0.160 e. The fraction of sp³-hybridized carbons (Fsp3) is 0.529. The molecule has 1 aromatic carbocycles. The third-order valence-electron chi connectivity index (χ3n) is 4.65. The molecule has 1 aliphatic heterocycles. The van der Waals surface area contributed by atoms with E-state index in [1.54, 1.807) is 0 Å². The molecule has 1 unspecified atom stereocenters. The number of fused-ring (bicyclic) bond motifs is 1. The molecule has 1 N–H and O–H groups in total. The lowest BCUT2D eigenvalue weighted by Gasteiger charge is -2.27. The Kier molecular flexibility index (Phi) is 3.81. The van der Waals surface area contributed by atoms with Crippen molar-refractivity contribution in [1.82, 2.24) is 14.9 Å². The van der Waals surface area contributed by atoms with Crippen LogP contribution in [0.5, 0.6) is 0 Å². The van der Waals surface area contributed by atoms with Crippen molar-refractivity contribution >= 4 is 16.8 Å². The number of rotatable bonds is 5. The van der Waals surface area contributed by atoms with Gasteiger partial charge in [-0.3, -0.25) is 4.79 Å². The largest absolute Gasteiger partial charge is 0.331 e. The Morgan fingerprint density at radius 1 is 1.43 bits per heavy atom. The molecule has 4 heteroatoms. The monoisotopic (exact) mass is 285 g/mol. The van der Waals surface area contributed by atoms with E-state index in [-0.39, 0.29) is 5.54 Å². The first-order valence-electron chi connectivity index (χ1n) is 7.85. The molecule has 1 fully saturated rings. The molecule has 0 radical (unpaired) electrons. The average molecular weight is 285 g/mol. The number of hydrogen-bond donors (Lipinski definition) is 1. The van der Waals surface area contributed by atoms with Gasteiger partial charge in [-0.1, -0.05) is 25.5 Å². The first-order chi connectivity index (χ1) is 10.2. The van der Waals surface area contributed by atoms with Gasteiger partial charge >= 0.3 is 0 Å². The summed E-state index contributed by atoms with van der Waals surface area (Å²) in [5.41, 5.74) is 1.74. The molecule has 1 aliphatic rings. The molecular weight excluding hydrogens is 262 g/mol. The number of aromatic nitrogens is 2. The van der Waals surface area contributed by atoms with Gasteiger partial charge in [0, 0.05) is 7.05 Å². The summed E-state index contributed by atoms with van der Waals surface area (Å²) < 4.78 is 2.04. The lowest BCUT2D eigenvalue weighted by molar-refractivity contribution is -0.124. The van der Waals surface area contributed by atoms with Crippen molar-refractivity contribution in [2.75, 3.05) is 6.54 Å². The van der Waals surface area contributed by atoms with Crippen LogP contribution in [-0.2, 0) is 18.3 Å². The topological polar surface area (TPSA) is 46.9 Å². The number of hydrogen-bond acceptors (Lipinski definition) is 3.